The minimum absolute atomic E-state index is 0. The van der Waals surface area contributed by atoms with Crippen LogP contribution in [-0.2, 0) is 20.1 Å². The second-order valence-electron chi connectivity index (χ2n) is 13.9. The van der Waals surface area contributed by atoms with Crippen molar-refractivity contribution < 1.29 is 34.4 Å². The molecule has 0 aliphatic carbocycles. The summed E-state index contributed by atoms with van der Waals surface area (Å²) < 4.78 is 51.2. The molecule has 4 aromatic carbocycles. The summed E-state index contributed by atoms with van der Waals surface area (Å²) in [6.07, 6.45) is 3.69. The Balaban J connectivity index is 0.000000208. The monoisotopic (exact) mass is 859 g/mol. The molecule has 50 heavy (non-hydrogen) atoms. The summed E-state index contributed by atoms with van der Waals surface area (Å²) >= 11 is 0. The zero-order valence-corrected chi connectivity index (χ0v) is 33.1. The first-order valence-electron chi connectivity index (χ1n) is 18.4. The Kier molecular flexibility index (Phi) is 9.49. The van der Waals surface area contributed by atoms with Crippen LogP contribution < -0.4 is 5.19 Å². The van der Waals surface area contributed by atoms with Crippen molar-refractivity contribution in [2.45, 2.75) is 67.0 Å². The van der Waals surface area contributed by atoms with Crippen LogP contribution in [0.15, 0.2) is 95.7 Å². The first-order chi connectivity index (χ1) is 24.8. The third-order valence-corrected chi connectivity index (χ3v) is 10.7. The van der Waals surface area contributed by atoms with Crippen LogP contribution in [0.5, 0.6) is 0 Å². The predicted octanol–water partition coefficient (Wildman–Crippen LogP) is 11.7. The van der Waals surface area contributed by atoms with Gasteiger partial charge in [-0.2, -0.15) is 0 Å². The van der Waals surface area contributed by atoms with Crippen LogP contribution in [-0.4, -0.2) is 18.0 Å². The molecule has 0 spiro atoms. The van der Waals surface area contributed by atoms with E-state index in [1.165, 1.54) is 39.6 Å². The van der Waals surface area contributed by atoms with Gasteiger partial charge in [-0.05, 0) is 83.7 Å². The van der Waals surface area contributed by atoms with Gasteiger partial charge >= 0.3 is 0 Å². The SMILES string of the molecule is Cc1cc(C)c(-c2ccnc(-c3[c-]ccc4c3oc3cccc(F)c34)c2)c(C)c1.[2H]C([2H])([2H])c1c[c-]c(-c2cc(C([2H])(C)C)c([Si](C)(C)C)cn2)cc1.[Ir]. The fraction of sp³-hybridized carbons (Fsp3) is 0.227. The Morgan fingerprint density at radius 1 is 0.880 bits per heavy atom. The Bertz CT molecular complexity index is 2440. The van der Waals surface area contributed by atoms with Crippen LogP contribution in [0.1, 0.15) is 53.0 Å². The Morgan fingerprint density at radius 2 is 1.64 bits per heavy atom. The van der Waals surface area contributed by atoms with E-state index in [1.54, 1.807) is 36.5 Å². The predicted molar refractivity (Wildman–Crippen MR) is 206 cm³/mol. The van der Waals surface area contributed by atoms with E-state index < -0.39 is 20.8 Å². The van der Waals surface area contributed by atoms with E-state index >= 15 is 0 Å². The van der Waals surface area contributed by atoms with Crippen LogP contribution in [0, 0.1) is 45.6 Å². The number of benzene rings is 4. The molecule has 3 heterocycles. The molecule has 0 fully saturated rings. The molecule has 1 radical (unpaired) electrons. The molecule has 0 saturated carbocycles. The number of aromatic nitrogens is 2. The van der Waals surface area contributed by atoms with Crippen LogP contribution in [0.4, 0.5) is 4.39 Å². The van der Waals surface area contributed by atoms with Gasteiger partial charge in [0.05, 0.1) is 13.7 Å². The smallest absolute Gasteiger partial charge is 0.133 e. The van der Waals surface area contributed by atoms with Crippen molar-refractivity contribution in [1.29, 1.82) is 0 Å². The van der Waals surface area contributed by atoms with Crippen molar-refractivity contribution in [3.8, 4) is 33.6 Å². The third kappa shape index (κ3) is 7.58. The van der Waals surface area contributed by atoms with Gasteiger partial charge < -0.3 is 14.4 Å². The minimum Gasteiger partial charge on any atom is -0.500 e. The summed E-state index contributed by atoms with van der Waals surface area (Å²) in [5.74, 6) is -1.00. The third-order valence-electron chi connectivity index (χ3n) is 8.73. The molecule has 6 heteroatoms. The summed E-state index contributed by atoms with van der Waals surface area (Å²) in [5, 5.41) is 2.42. The van der Waals surface area contributed by atoms with Gasteiger partial charge in [-0.25, -0.2) is 4.39 Å². The molecule has 0 aliphatic rings. The molecule has 0 saturated heterocycles. The molecule has 257 valence electrons. The van der Waals surface area contributed by atoms with E-state index in [2.05, 4.69) is 80.7 Å². The van der Waals surface area contributed by atoms with Crippen LogP contribution in [0.25, 0.3) is 55.6 Å². The molecule has 7 aromatic rings. The Labute approximate surface area is 316 Å². The van der Waals surface area contributed by atoms with E-state index in [0.29, 0.717) is 16.6 Å². The largest absolute Gasteiger partial charge is 0.500 e. The van der Waals surface area contributed by atoms with Crippen molar-refractivity contribution in [2.24, 2.45) is 0 Å². The minimum atomic E-state index is -2.13. The number of hydrogen-bond acceptors (Lipinski definition) is 3. The van der Waals surface area contributed by atoms with Crippen LogP contribution in [0.3, 0.4) is 0 Å². The average molecular weight is 859 g/mol. The molecule has 0 unspecified atom stereocenters. The van der Waals surface area contributed by atoms with Gasteiger partial charge in [-0.15, -0.1) is 53.6 Å². The molecular weight excluding hydrogens is 812 g/mol. The number of rotatable bonds is 5. The first-order valence-corrected chi connectivity index (χ1v) is 19.9. The number of furan rings is 1. The zero-order chi connectivity index (χ0) is 38.5. The van der Waals surface area contributed by atoms with Crippen molar-refractivity contribution in [3.05, 3.63) is 137 Å². The van der Waals surface area contributed by atoms with Gasteiger partial charge in [0, 0.05) is 43.4 Å². The van der Waals surface area contributed by atoms with Gasteiger partial charge in [0.25, 0.3) is 0 Å². The van der Waals surface area contributed by atoms with Crippen molar-refractivity contribution in [2.75, 3.05) is 0 Å². The van der Waals surface area contributed by atoms with Crippen molar-refractivity contribution >= 4 is 35.2 Å². The number of halogens is 1. The summed E-state index contributed by atoms with van der Waals surface area (Å²) in [4.78, 5) is 9.13. The Morgan fingerprint density at radius 3 is 2.30 bits per heavy atom. The van der Waals surface area contributed by atoms with Crippen molar-refractivity contribution in [3.63, 3.8) is 0 Å². The fourth-order valence-electron chi connectivity index (χ4n) is 6.49. The summed E-state index contributed by atoms with van der Waals surface area (Å²) in [6.45, 7) is 14.8. The van der Waals surface area contributed by atoms with Gasteiger partial charge in [-0.3, -0.25) is 0 Å². The molecule has 0 amide bonds. The van der Waals surface area contributed by atoms with Crippen molar-refractivity contribution in [1.82, 2.24) is 9.97 Å². The maximum absolute atomic E-state index is 14.4. The molecule has 0 bridgehead atoms. The van der Waals surface area contributed by atoms with Gasteiger partial charge in [0.15, 0.2) is 0 Å². The van der Waals surface area contributed by atoms with E-state index in [9.17, 15) is 4.39 Å². The summed E-state index contributed by atoms with van der Waals surface area (Å²) in [7, 11) is -1.61. The number of pyridine rings is 2. The molecule has 3 nitrogen and oxygen atoms in total. The summed E-state index contributed by atoms with van der Waals surface area (Å²) in [5.41, 5.74) is 11.4. The van der Waals surface area contributed by atoms with E-state index in [1.807, 2.05) is 38.2 Å². The standard InChI is InChI=1S/C26H19FNO.C18H24NSi.Ir/c1-15-12-16(2)24(17(3)13-15)18-10-11-28-22(14-18)19-6-4-7-20-25-21(27)8-5-9-23(25)29-26(19)20;1-13(2)16-11-17(15-9-7-14(3)8-10-15)19-12-18(16)20(4,5)6;/h4-5,7-14H,1-3H3;7-9,11-13H,1-6H3;/q2*-1;/i;3D3,13D;. The number of aryl methyl sites for hydroxylation is 4. The van der Waals surface area contributed by atoms with Gasteiger partial charge in [0.1, 0.15) is 11.4 Å². The number of hydrogen-bond donors (Lipinski definition) is 0. The normalized spacial score (nSPS) is 13.1. The van der Waals surface area contributed by atoms with E-state index in [0.717, 1.165) is 39.0 Å². The van der Waals surface area contributed by atoms with Crippen LogP contribution in [0.2, 0.25) is 19.6 Å². The first kappa shape index (κ1) is 31.7. The fourth-order valence-corrected chi connectivity index (χ4v) is 8.08. The zero-order valence-electron chi connectivity index (χ0n) is 33.7. The quantitative estimate of drug-likeness (QED) is 0.128. The van der Waals surface area contributed by atoms with E-state index in [-0.39, 0.29) is 31.5 Å². The molecule has 0 atom stereocenters. The molecule has 0 N–H and O–H groups in total. The second kappa shape index (κ2) is 14.9. The topological polar surface area (TPSA) is 38.9 Å². The average Bonchev–Trinajstić information content (AvgIpc) is 3.47. The Hall–Kier alpha value is -4.22. The maximum atomic E-state index is 14.4. The van der Waals surface area contributed by atoms with E-state index in [4.69, 9.17) is 9.90 Å². The number of fused-ring (bicyclic) bond motifs is 3. The molecule has 0 aliphatic heterocycles. The molecule has 7 rings (SSSR count). The summed E-state index contributed by atoms with van der Waals surface area (Å²) in [6, 6.07) is 30.1. The van der Waals surface area contributed by atoms with Gasteiger partial charge in [-0.1, -0.05) is 92.7 Å². The molecule has 3 aromatic heterocycles. The van der Waals surface area contributed by atoms with Crippen LogP contribution >= 0.6 is 0 Å². The second-order valence-corrected chi connectivity index (χ2v) is 18.9. The molecular formula is C44H43FIrN2OSi-2. The maximum Gasteiger partial charge on any atom is 0.133 e. The van der Waals surface area contributed by atoms with Gasteiger partial charge in [0.2, 0.25) is 0 Å². The number of nitrogens with zero attached hydrogens (tertiary/aromatic N) is 2.